The SMILES string of the molecule is CC1(c2ccc(Br)cc2Cl)CC(=O)c2cc(Cl)ccc2O1. The zero-order chi connectivity index (χ0) is 15.2. The van der Waals surface area contributed by atoms with Crippen molar-refractivity contribution < 1.29 is 9.53 Å². The summed E-state index contributed by atoms with van der Waals surface area (Å²) in [7, 11) is 0. The number of carbonyl (C=O) groups excluding carboxylic acids is 1. The van der Waals surface area contributed by atoms with Crippen LogP contribution in [0.15, 0.2) is 40.9 Å². The van der Waals surface area contributed by atoms with Gasteiger partial charge in [0.15, 0.2) is 5.78 Å². The molecule has 0 saturated carbocycles. The summed E-state index contributed by atoms with van der Waals surface area (Å²) >= 11 is 15.6. The number of ketones is 1. The van der Waals surface area contributed by atoms with E-state index in [-0.39, 0.29) is 12.2 Å². The van der Waals surface area contributed by atoms with Gasteiger partial charge >= 0.3 is 0 Å². The van der Waals surface area contributed by atoms with E-state index < -0.39 is 5.60 Å². The molecule has 21 heavy (non-hydrogen) atoms. The van der Waals surface area contributed by atoms with Crippen molar-refractivity contribution in [2.24, 2.45) is 0 Å². The van der Waals surface area contributed by atoms with E-state index in [1.807, 2.05) is 19.1 Å². The first-order valence-electron chi connectivity index (χ1n) is 6.36. The van der Waals surface area contributed by atoms with E-state index in [4.69, 9.17) is 27.9 Å². The first-order valence-corrected chi connectivity index (χ1v) is 7.91. The topological polar surface area (TPSA) is 26.3 Å². The second kappa shape index (κ2) is 5.31. The molecule has 0 aliphatic carbocycles. The first-order chi connectivity index (χ1) is 9.89. The summed E-state index contributed by atoms with van der Waals surface area (Å²) in [6, 6.07) is 10.6. The lowest BCUT2D eigenvalue weighted by Gasteiger charge is -2.36. The van der Waals surface area contributed by atoms with Gasteiger partial charge < -0.3 is 4.74 Å². The van der Waals surface area contributed by atoms with Crippen LogP contribution in [-0.2, 0) is 5.60 Å². The zero-order valence-corrected chi connectivity index (χ0v) is 14.2. The quantitative estimate of drug-likeness (QED) is 0.635. The number of carbonyl (C=O) groups is 1. The van der Waals surface area contributed by atoms with Crippen molar-refractivity contribution in [3.05, 3.63) is 62.0 Å². The predicted molar refractivity (Wildman–Crippen MR) is 87.5 cm³/mol. The number of Topliss-reactive ketones (excluding diaryl/α,β-unsaturated/α-hetero) is 1. The number of benzene rings is 2. The van der Waals surface area contributed by atoms with Crippen molar-refractivity contribution in [3.8, 4) is 5.75 Å². The molecule has 0 radical (unpaired) electrons. The van der Waals surface area contributed by atoms with Crippen molar-refractivity contribution in [1.82, 2.24) is 0 Å². The maximum Gasteiger partial charge on any atom is 0.170 e. The van der Waals surface area contributed by atoms with Gasteiger partial charge in [0, 0.05) is 20.1 Å². The van der Waals surface area contributed by atoms with Crippen LogP contribution in [0.3, 0.4) is 0 Å². The van der Waals surface area contributed by atoms with Crippen molar-refractivity contribution >= 4 is 44.9 Å². The number of ether oxygens (including phenoxy) is 1. The molecule has 0 fully saturated rings. The highest BCUT2D eigenvalue weighted by Crippen LogP contribution is 2.42. The van der Waals surface area contributed by atoms with Crippen LogP contribution in [0.2, 0.25) is 10.0 Å². The van der Waals surface area contributed by atoms with Crippen LogP contribution in [0.1, 0.15) is 29.3 Å². The number of rotatable bonds is 1. The maximum atomic E-state index is 12.4. The Balaban J connectivity index is 2.08. The fourth-order valence-electron chi connectivity index (χ4n) is 2.56. The molecule has 0 saturated heterocycles. The van der Waals surface area contributed by atoms with Crippen LogP contribution in [0.4, 0.5) is 0 Å². The minimum absolute atomic E-state index is 0.000218. The van der Waals surface area contributed by atoms with Crippen molar-refractivity contribution in [2.75, 3.05) is 0 Å². The monoisotopic (exact) mass is 384 g/mol. The summed E-state index contributed by atoms with van der Waals surface area (Å²) in [6.07, 6.45) is 0.224. The fraction of sp³-hybridized carbons (Fsp3) is 0.188. The minimum Gasteiger partial charge on any atom is -0.482 e. The van der Waals surface area contributed by atoms with Gasteiger partial charge in [-0.3, -0.25) is 4.79 Å². The Morgan fingerprint density at radius 2 is 1.95 bits per heavy atom. The van der Waals surface area contributed by atoms with E-state index in [1.165, 1.54) is 0 Å². The summed E-state index contributed by atoms with van der Waals surface area (Å²) in [5.41, 5.74) is 0.532. The predicted octanol–water partition coefficient (Wildman–Crippen LogP) is 5.64. The van der Waals surface area contributed by atoms with Gasteiger partial charge in [0.2, 0.25) is 0 Å². The zero-order valence-electron chi connectivity index (χ0n) is 11.1. The first kappa shape index (κ1) is 14.9. The number of halogens is 3. The van der Waals surface area contributed by atoms with E-state index in [0.29, 0.717) is 21.4 Å². The fourth-order valence-corrected chi connectivity index (χ4v) is 3.60. The van der Waals surface area contributed by atoms with E-state index in [9.17, 15) is 4.79 Å². The summed E-state index contributed by atoms with van der Waals surface area (Å²) in [5.74, 6) is 0.539. The van der Waals surface area contributed by atoms with Crippen LogP contribution in [0.25, 0.3) is 0 Å². The van der Waals surface area contributed by atoms with Gasteiger partial charge in [0.05, 0.1) is 12.0 Å². The second-order valence-corrected chi connectivity index (χ2v) is 6.96. The van der Waals surface area contributed by atoms with Gasteiger partial charge in [-0.05, 0) is 37.3 Å². The van der Waals surface area contributed by atoms with Gasteiger partial charge in [-0.2, -0.15) is 0 Å². The molecule has 1 unspecified atom stereocenters. The molecule has 1 aliphatic heterocycles. The van der Waals surface area contributed by atoms with Gasteiger partial charge in [-0.25, -0.2) is 0 Å². The second-order valence-electron chi connectivity index (χ2n) is 5.20. The van der Waals surface area contributed by atoms with E-state index >= 15 is 0 Å². The summed E-state index contributed by atoms with van der Waals surface area (Å²) in [6.45, 7) is 1.87. The highest BCUT2D eigenvalue weighted by atomic mass is 79.9. The number of hydrogen-bond acceptors (Lipinski definition) is 2. The molecule has 0 aromatic heterocycles. The lowest BCUT2D eigenvalue weighted by atomic mass is 9.85. The van der Waals surface area contributed by atoms with Crippen LogP contribution >= 0.6 is 39.1 Å². The molecule has 2 aromatic rings. The molecule has 5 heteroatoms. The third-order valence-electron chi connectivity index (χ3n) is 3.58. The highest BCUT2D eigenvalue weighted by molar-refractivity contribution is 9.10. The Bertz CT molecular complexity index is 745. The molecule has 2 nitrogen and oxygen atoms in total. The van der Waals surface area contributed by atoms with Crippen LogP contribution in [0, 0.1) is 0 Å². The highest BCUT2D eigenvalue weighted by Gasteiger charge is 2.39. The summed E-state index contributed by atoms with van der Waals surface area (Å²) in [4.78, 5) is 12.4. The van der Waals surface area contributed by atoms with Crippen molar-refractivity contribution in [1.29, 1.82) is 0 Å². The molecule has 3 rings (SSSR count). The normalized spacial score (nSPS) is 20.9. The molecule has 108 valence electrons. The largest absolute Gasteiger partial charge is 0.482 e. The third-order valence-corrected chi connectivity index (χ3v) is 4.62. The van der Waals surface area contributed by atoms with Gasteiger partial charge in [0.1, 0.15) is 11.4 Å². The average molecular weight is 386 g/mol. The average Bonchev–Trinajstić information content (AvgIpc) is 2.39. The molecule has 2 aromatic carbocycles. The molecule has 1 atom stereocenters. The van der Waals surface area contributed by atoms with Gasteiger partial charge in [-0.1, -0.05) is 45.2 Å². The molecular weight excluding hydrogens is 375 g/mol. The molecule has 1 heterocycles. The molecule has 0 amide bonds. The van der Waals surface area contributed by atoms with Crippen molar-refractivity contribution in [3.63, 3.8) is 0 Å². The summed E-state index contributed by atoms with van der Waals surface area (Å²) in [5, 5.41) is 1.09. The lowest BCUT2D eigenvalue weighted by molar-refractivity contribution is 0.0504. The number of fused-ring (bicyclic) bond motifs is 1. The maximum absolute atomic E-state index is 12.4. The number of hydrogen-bond donors (Lipinski definition) is 0. The molecule has 0 spiro atoms. The Labute approximate surface area is 141 Å². The Morgan fingerprint density at radius 1 is 1.19 bits per heavy atom. The molecular formula is C16H11BrCl2O2. The Kier molecular flexibility index (Phi) is 3.76. The van der Waals surface area contributed by atoms with Crippen LogP contribution in [-0.4, -0.2) is 5.78 Å². The Morgan fingerprint density at radius 3 is 2.67 bits per heavy atom. The van der Waals surface area contributed by atoms with Crippen LogP contribution in [0.5, 0.6) is 5.75 Å². The van der Waals surface area contributed by atoms with Crippen LogP contribution < -0.4 is 4.74 Å². The van der Waals surface area contributed by atoms with E-state index in [2.05, 4.69) is 15.9 Å². The van der Waals surface area contributed by atoms with Crippen molar-refractivity contribution in [2.45, 2.75) is 18.9 Å². The Hall–Kier alpha value is -1.03. The minimum atomic E-state index is -0.782. The lowest BCUT2D eigenvalue weighted by Crippen LogP contribution is -2.36. The summed E-state index contributed by atoms with van der Waals surface area (Å²) < 4.78 is 6.96. The van der Waals surface area contributed by atoms with Gasteiger partial charge in [-0.15, -0.1) is 0 Å². The molecule has 0 N–H and O–H groups in total. The van der Waals surface area contributed by atoms with E-state index in [0.717, 1.165) is 10.0 Å². The third kappa shape index (κ3) is 2.70. The standard InChI is InChI=1S/C16H11BrCl2O2/c1-16(12-4-2-9(17)6-13(12)19)8-14(20)11-7-10(18)3-5-15(11)21-16/h2-7H,8H2,1H3. The smallest absolute Gasteiger partial charge is 0.170 e. The molecule has 0 bridgehead atoms. The molecule has 1 aliphatic rings. The van der Waals surface area contributed by atoms with Gasteiger partial charge in [0.25, 0.3) is 0 Å². The van der Waals surface area contributed by atoms with E-state index in [1.54, 1.807) is 24.3 Å².